The van der Waals surface area contributed by atoms with E-state index in [1.807, 2.05) is 54.3 Å². The van der Waals surface area contributed by atoms with Crippen molar-refractivity contribution < 1.29 is 14.3 Å². The lowest BCUT2D eigenvalue weighted by atomic mass is 9.93. The first-order chi connectivity index (χ1) is 18.8. The van der Waals surface area contributed by atoms with E-state index >= 15 is 0 Å². The molecule has 1 amide bonds. The third-order valence-electron chi connectivity index (χ3n) is 7.39. The smallest absolute Gasteiger partial charge is 0.256 e. The Labute approximate surface area is 240 Å². The van der Waals surface area contributed by atoms with E-state index in [9.17, 15) is 4.79 Å². The van der Waals surface area contributed by atoms with Crippen LogP contribution in [0.5, 0.6) is 11.5 Å². The van der Waals surface area contributed by atoms with Crippen LogP contribution in [-0.2, 0) is 4.79 Å². The van der Waals surface area contributed by atoms with Gasteiger partial charge in [-0.05, 0) is 105 Å². The number of halogens is 2. The van der Waals surface area contributed by atoms with Gasteiger partial charge in [-0.25, -0.2) is 0 Å². The Morgan fingerprint density at radius 1 is 0.974 bits per heavy atom. The first kappa shape index (κ1) is 27.6. The Hall–Kier alpha value is -2.99. The molecule has 1 heterocycles. The molecule has 0 radical (unpaired) electrons. The second kappa shape index (κ2) is 12.0. The van der Waals surface area contributed by atoms with Crippen molar-refractivity contribution in [1.29, 1.82) is 0 Å². The number of carbonyl (C=O) groups is 1. The summed E-state index contributed by atoms with van der Waals surface area (Å²) in [7, 11) is 0. The molecule has 0 bridgehead atoms. The van der Waals surface area contributed by atoms with Crippen LogP contribution in [0.3, 0.4) is 0 Å². The van der Waals surface area contributed by atoms with Crippen LogP contribution >= 0.6 is 23.2 Å². The number of rotatable bonds is 9. The number of aryl methyl sites for hydroxylation is 2. The van der Waals surface area contributed by atoms with Crippen LogP contribution in [0.15, 0.2) is 60.2 Å². The molecule has 39 heavy (non-hydrogen) atoms. The lowest BCUT2D eigenvalue weighted by Crippen LogP contribution is -2.40. The molecule has 3 aromatic carbocycles. The zero-order valence-electron chi connectivity index (χ0n) is 22.7. The maximum atomic E-state index is 14.0. The van der Waals surface area contributed by atoms with Crippen molar-refractivity contribution >= 4 is 40.4 Å². The highest BCUT2D eigenvalue weighted by Gasteiger charge is 2.37. The van der Waals surface area contributed by atoms with Gasteiger partial charge >= 0.3 is 0 Å². The van der Waals surface area contributed by atoms with Gasteiger partial charge in [0.05, 0.1) is 10.0 Å². The lowest BCUT2D eigenvalue weighted by molar-refractivity contribution is -0.115. The van der Waals surface area contributed by atoms with E-state index in [1.54, 1.807) is 0 Å². The van der Waals surface area contributed by atoms with Gasteiger partial charge in [0.15, 0.2) is 5.75 Å². The van der Waals surface area contributed by atoms with E-state index in [2.05, 4.69) is 31.3 Å². The third-order valence-corrected chi connectivity index (χ3v) is 7.95. The SMILES string of the molecule is Cc1cc(Cl)c(OCCOc2ccc(C3=C(C(=O)N(c4cccc(C)c4C)C4CC4)CNCC3)cc2)c(Cl)c1. The van der Waals surface area contributed by atoms with Crippen LogP contribution in [0.4, 0.5) is 5.69 Å². The highest BCUT2D eigenvalue weighted by molar-refractivity contribution is 6.37. The van der Waals surface area contributed by atoms with E-state index in [1.165, 1.54) is 11.1 Å². The molecule has 0 aromatic heterocycles. The molecule has 1 fully saturated rings. The van der Waals surface area contributed by atoms with Crippen molar-refractivity contribution in [3.05, 3.63) is 92.5 Å². The standard InChI is InChI=1S/C32H34Cl2N2O3/c1-20-17-28(33)31(29(34)18-20)39-16-15-38-25-11-7-23(8-12-25)26-13-14-35-19-27(26)32(37)36(24-9-10-24)30-6-4-5-21(2)22(30)3/h4-8,11-12,17-18,24,35H,9-10,13-16,19H2,1-3H3. The summed E-state index contributed by atoms with van der Waals surface area (Å²) in [6, 6.07) is 18.1. The Morgan fingerprint density at radius 3 is 2.36 bits per heavy atom. The normalized spacial score (nSPS) is 15.3. The average Bonchev–Trinajstić information content (AvgIpc) is 3.76. The summed E-state index contributed by atoms with van der Waals surface area (Å²) in [5.74, 6) is 1.32. The third kappa shape index (κ3) is 6.27. The summed E-state index contributed by atoms with van der Waals surface area (Å²) in [6.45, 7) is 8.22. The minimum atomic E-state index is 0.110. The highest BCUT2D eigenvalue weighted by Crippen LogP contribution is 2.38. The van der Waals surface area contributed by atoms with Crippen molar-refractivity contribution in [1.82, 2.24) is 5.32 Å². The monoisotopic (exact) mass is 564 g/mol. The van der Waals surface area contributed by atoms with Gasteiger partial charge in [0, 0.05) is 23.8 Å². The summed E-state index contributed by atoms with van der Waals surface area (Å²) in [5, 5.41) is 4.39. The van der Waals surface area contributed by atoms with E-state index in [-0.39, 0.29) is 11.9 Å². The van der Waals surface area contributed by atoms with Crippen LogP contribution < -0.4 is 19.7 Å². The predicted molar refractivity (Wildman–Crippen MR) is 159 cm³/mol. The lowest BCUT2D eigenvalue weighted by Gasteiger charge is -2.29. The van der Waals surface area contributed by atoms with Gasteiger partial charge < -0.3 is 19.7 Å². The van der Waals surface area contributed by atoms with Crippen molar-refractivity contribution in [2.45, 2.75) is 46.1 Å². The van der Waals surface area contributed by atoms with Crippen LogP contribution in [-0.4, -0.2) is 38.3 Å². The summed E-state index contributed by atoms with van der Waals surface area (Å²) >= 11 is 12.5. The minimum absolute atomic E-state index is 0.110. The number of ether oxygens (including phenoxy) is 2. The number of anilines is 1. The minimum Gasteiger partial charge on any atom is -0.490 e. The molecule has 1 aliphatic heterocycles. The molecule has 204 valence electrons. The second-order valence-electron chi connectivity index (χ2n) is 10.3. The van der Waals surface area contributed by atoms with Crippen LogP contribution in [0.1, 0.15) is 41.5 Å². The van der Waals surface area contributed by atoms with Gasteiger partial charge in [-0.15, -0.1) is 0 Å². The van der Waals surface area contributed by atoms with E-state index in [0.29, 0.717) is 35.6 Å². The first-order valence-electron chi connectivity index (χ1n) is 13.5. The summed E-state index contributed by atoms with van der Waals surface area (Å²) in [6.07, 6.45) is 2.90. The largest absolute Gasteiger partial charge is 0.490 e. The first-order valence-corrected chi connectivity index (χ1v) is 14.2. The Morgan fingerprint density at radius 2 is 1.67 bits per heavy atom. The molecule has 1 saturated carbocycles. The number of hydrogen-bond donors (Lipinski definition) is 1. The molecular formula is C32H34Cl2N2O3. The van der Waals surface area contributed by atoms with Crippen LogP contribution in [0, 0.1) is 20.8 Å². The molecule has 5 rings (SSSR count). The quantitative estimate of drug-likeness (QED) is 0.276. The summed E-state index contributed by atoms with van der Waals surface area (Å²) < 4.78 is 11.7. The molecule has 0 unspecified atom stereocenters. The van der Waals surface area contributed by atoms with Crippen LogP contribution in [0.25, 0.3) is 5.57 Å². The second-order valence-corrected chi connectivity index (χ2v) is 11.1. The van der Waals surface area contributed by atoms with Crippen molar-refractivity contribution in [3.63, 3.8) is 0 Å². The molecule has 5 nitrogen and oxygen atoms in total. The fourth-order valence-corrected chi connectivity index (χ4v) is 5.74. The maximum Gasteiger partial charge on any atom is 0.256 e. The Bertz CT molecular complexity index is 1370. The van der Waals surface area contributed by atoms with Gasteiger partial charge in [0.2, 0.25) is 0 Å². The predicted octanol–water partition coefficient (Wildman–Crippen LogP) is 7.32. The molecule has 0 atom stereocenters. The Kier molecular flexibility index (Phi) is 8.51. The van der Waals surface area contributed by atoms with E-state index < -0.39 is 0 Å². The number of nitrogens with zero attached hydrogens (tertiary/aromatic N) is 1. The summed E-state index contributed by atoms with van der Waals surface area (Å²) in [5.41, 5.74) is 7.38. The number of amides is 1. The zero-order valence-corrected chi connectivity index (χ0v) is 24.2. The fraction of sp³-hybridized carbons (Fsp3) is 0.344. The molecule has 0 spiro atoms. The van der Waals surface area contributed by atoms with E-state index in [0.717, 1.165) is 59.5 Å². The summed E-state index contributed by atoms with van der Waals surface area (Å²) in [4.78, 5) is 16.1. The van der Waals surface area contributed by atoms with Gasteiger partial charge in [-0.3, -0.25) is 4.79 Å². The van der Waals surface area contributed by atoms with Gasteiger partial charge in [-0.2, -0.15) is 0 Å². The maximum absolute atomic E-state index is 14.0. The molecule has 0 saturated heterocycles. The van der Waals surface area contributed by atoms with Crippen molar-refractivity contribution in [2.75, 3.05) is 31.2 Å². The number of nitrogens with one attached hydrogen (secondary N) is 1. The van der Waals surface area contributed by atoms with E-state index in [4.69, 9.17) is 32.7 Å². The van der Waals surface area contributed by atoms with Crippen molar-refractivity contribution in [2.24, 2.45) is 0 Å². The number of benzene rings is 3. The zero-order chi connectivity index (χ0) is 27.5. The Balaban J connectivity index is 1.29. The molecular weight excluding hydrogens is 531 g/mol. The molecule has 1 N–H and O–H groups in total. The fourth-order valence-electron chi connectivity index (χ4n) is 5.03. The van der Waals surface area contributed by atoms with Crippen molar-refractivity contribution in [3.8, 4) is 11.5 Å². The van der Waals surface area contributed by atoms with Gasteiger partial charge in [-0.1, -0.05) is 47.5 Å². The van der Waals surface area contributed by atoms with Gasteiger partial charge in [0.1, 0.15) is 19.0 Å². The number of hydrogen-bond acceptors (Lipinski definition) is 4. The molecule has 7 heteroatoms. The molecule has 3 aromatic rings. The van der Waals surface area contributed by atoms with Gasteiger partial charge in [0.25, 0.3) is 5.91 Å². The highest BCUT2D eigenvalue weighted by atomic mass is 35.5. The van der Waals surface area contributed by atoms with Crippen LogP contribution in [0.2, 0.25) is 10.0 Å². The topological polar surface area (TPSA) is 50.8 Å². The number of carbonyl (C=O) groups excluding carboxylic acids is 1. The molecule has 2 aliphatic rings. The molecule has 1 aliphatic carbocycles. The average molecular weight is 566 g/mol.